The van der Waals surface area contributed by atoms with E-state index in [-0.39, 0.29) is 81.8 Å². The van der Waals surface area contributed by atoms with Crippen molar-refractivity contribution in [3.63, 3.8) is 0 Å². The topological polar surface area (TPSA) is 471 Å². The number of pyridine rings is 1. The van der Waals surface area contributed by atoms with Gasteiger partial charge in [0.15, 0.2) is 33.5 Å². The van der Waals surface area contributed by atoms with Crippen LogP contribution in [0.25, 0.3) is 43.6 Å². The number of benzene rings is 3. The average Bonchev–Trinajstić information content (AvgIpc) is 1.66. The van der Waals surface area contributed by atoms with Gasteiger partial charge >= 0.3 is 24.4 Å². The minimum Gasteiger partial charge on any atom is -0.450 e. The van der Waals surface area contributed by atoms with Crippen LogP contribution in [0.2, 0.25) is 0 Å². The van der Waals surface area contributed by atoms with Crippen LogP contribution < -0.4 is 47.9 Å². The number of carbonyl (C=O) groups excluding carboxylic acids is 13. The molecule has 0 saturated heterocycles. The van der Waals surface area contributed by atoms with Gasteiger partial charge in [-0.2, -0.15) is 0 Å². The van der Waals surface area contributed by atoms with Crippen LogP contribution in [0.5, 0.6) is 0 Å². The highest BCUT2D eigenvalue weighted by atomic mass is 32.1. The highest BCUT2D eigenvalue weighted by Gasteiger charge is 2.30. The number of rotatable bonds is 20. The second kappa shape index (κ2) is 38.5. The molecule has 12 aromatic rings. The Labute approximate surface area is 673 Å². The van der Waals surface area contributed by atoms with Gasteiger partial charge in [0.25, 0.3) is 47.3 Å². The lowest BCUT2D eigenvalue weighted by molar-refractivity contribution is -0.119. The first-order valence-corrected chi connectivity index (χ1v) is 39.5. The first kappa shape index (κ1) is 84.5. The lowest BCUT2D eigenvalue weighted by atomic mass is 9.97. The molecule has 9 N–H and O–H groups in total. The zero-order valence-corrected chi connectivity index (χ0v) is 67.1. The molecule has 9 heterocycles. The van der Waals surface area contributed by atoms with Gasteiger partial charge in [0.2, 0.25) is 11.8 Å². The summed E-state index contributed by atoms with van der Waals surface area (Å²) in [5.41, 5.74) is 6.48. The van der Waals surface area contributed by atoms with Crippen LogP contribution in [0.4, 0.5) is 39.2 Å². The zero-order valence-electron chi connectivity index (χ0n) is 63.0. The van der Waals surface area contributed by atoms with Crippen molar-refractivity contribution in [1.82, 2.24) is 51.5 Å². The van der Waals surface area contributed by atoms with Gasteiger partial charge in [-0.3, -0.25) is 64.4 Å². The summed E-state index contributed by atoms with van der Waals surface area (Å²) in [7, 11) is 0. The first-order valence-electron chi connectivity index (χ1n) is 35.2. The number of anilines is 4. The summed E-state index contributed by atoms with van der Waals surface area (Å²) < 4.78 is 35.8. The lowest BCUT2D eigenvalue weighted by Crippen LogP contribution is -2.31. The van der Waals surface area contributed by atoms with E-state index in [1.807, 2.05) is 34.6 Å². The third kappa shape index (κ3) is 22.7. The van der Waals surface area contributed by atoms with Crippen LogP contribution in [0.15, 0.2) is 126 Å². The number of alkyl carbamates (subject to hydrolysis) is 4. The monoisotopic (exact) mass is 1660 g/mol. The third-order valence-corrected chi connectivity index (χ3v) is 19.9. The Morgan fingerprint density at radius 3 is 1.23 bits per heavy atom. The maximum Gasteiger partial charge on any atom is 0.414 e. The molecule has 1 aliphatic carbocycles. The average molecular weight is 1660 g/mol. The Bertz CT molecular complexity index is 5520. The van der Waals surface area contributed by atoms with E-state index >= 15 is 0 Å². The van der Waals surface area contributed by atoms with Crippen molar-refractivity contribution in [3.05, 3.63) is 180 Å². The fraction of sp³-hybridized carbons (Fsp3) is 0.263. The van der Waals surface area contributed by atoms with Gasteiger partial charge < -0.3 is 58.8 Å². The molecule has 9 aromatic heterocycles. The zero-order chi connectivity index (χ0) is 82.8. The van der Waals surface area contributed by atoms with E-state index in [2.05, 4.69) is 82.2 Å². The number of hydrogen-bond donors (Lipinski definition) is 9. The molecule has 0 aliphatic heterocycles. The van der Waals surface area contributed by atoms with Gasteiger partial charge in [0.1, 0.15) is 46.9 Å². The van der Waals surface area contributed by atoms with Crippen molar-refractivity contribution < 1.29 is 94.5 Å². The number of nitrogens with zero attached hydrogens (tertiary/aromatic N) is 5. The van der Waals surface area contributed by atoms with Gasteiger partial charge in [-0.05, 0) is 153 Å². The van der Waals surface area contributed by atoms with Gasteiger partial charge in [-0.1, -0.05) is 46.0 Å². The summed E-state index contributed by atoms with van der Waals surface area (Å²) in [5.74, 6) is -2.06. The minimum absolute atomic E-state index is 0.129. The normalized spacial score (nSPS) is 11.5. The van der Waals surface area contributed by atoms with E-state index in [0.29, 0.717) is 105 Å². The predicted octanol–water partition coefficient (Wildman–Crippen LogP) is 14.9. The van der Waals surface area contributed by atoms with Crippen molar-refractivity contribution in [1.29, 1.82) is 0 Å². The molecule has 1 fully saturated rings. The van der Waals surface area contributed by atoms with Crippen molar-refractivity contribution in [2.24, 2.45) is 0 Å². The Kier molecular flexibility index (Phi) is 28.3. The maximum atomic E-state index is 12.7. The molecule has 0 radical (unpaired) electrons. The highest BCUT2D eigenvalue weighted by Crippen LogP contribution is 2.41. The molecule has 1 aliphatic rings. The number of hydrogen-bond acceptors (Lipinski definition) is 30. The standard InChI is InChI=1S/C20H21N3O5S.C19H17N3O5S.C19H19N3O5S.C18H17N5O5S2/c1-5-27-19(26)23-16(25)12-8-9-29-17(12)22-15(24)11-6-7-14-13(10-11)21-18(28-14)20(2,3)4;1-2-26-19(25)22-16(24)12-7-8-28-18(12)21-15(23)11-5-6-14-13(9-11)20-17(27-14)10-3-4-10;1-4-26-19(25)22-16(24)12-7-8-28-18(12)21-15(23)11-5-6-14-13(9-11)20-17(27-14)10(2)3;1-3-28-18(27)23-13(25)11-4-5-29-15(11)22-14(26)17-21-12-6-10(7-19-9(2)24)8-20-16(12)30-17/h6-10H,5H2,1-4H3,(H,22,24)(H,23,25,26);5-10H,2-4H2,1H3,(H,21,23)(H,22,24,25);5-10H,4H2,1-3H3,(H,21,23)(H,22,24,25);4-6,8H,3,7H2,1-2H3,(H,19,24)(H,22,26)(H,23,25,27). The molecule has 3 aromatic carbocycles. The molecule has 598 valence electrons. The fourth-order valence-corrected chi connectivity index (χ4v) is 13.8. The molecule has 0 spiro atoms. The number of carbonyl (C=O) groups is 13. The molecule has 34 nitrogen and oxygen atoms in total. The van der Waals surface area contributed by atoms with Crippen LogP contribution >= 0.6 is 56.7 Å². The van der Waals surface area contributed by atoms with Crippen LogP contribution in [-0.4, -0.2) is 129 Å². The van der Waals surface area contributed by atoms with E-state index < -0.39 is 65.7 Å². The fourth-order valence-electron chi connectivity index (χ4n) is 9.93. The SMILES string of the molecule is CCOC(=O)NC(=O)c1ccsc1NC(=O)c1ccc2oc(C(C)(C)C)nc2c1.CCOC(=O)NC(=O)c1ccsc1NC(=O)c1ccc2oc(C(C)C)nc2c1.CCOC(=O)NC(=O)c1ccsc1NC(=O)c1ccc2oc(C3CC3)nc2c1.CCOC(=O)NC(=O)c1ccsc1NC(=O)c1nc2cc(CNC(C)=O)cnc2s1. The molecule has 13 rings (SSSR count). The summed E-state index contributed by atoms with van der Waals surface area (Å²) in [6.07, 6.45) is 0.386. The first-order chi connectivity index (χ1) is 55.0. The van der Waals surface area contributed by atoms with Crippen LogP contribution in [-0.2, 0) is 35.7 Å². The Hall–Kier alpha value is -13.0. The van der Waals surface area contributed by atoms with E-state index in [1.165, 1.54) is 65.2 Å². The Balaban J connectivity index is 0.000000162. The third-order valence-electron chi connectivity index (χ3n) is 15.6. The molecular weight excluding hydrogens is 1590 g/mol. The van der Waals surface area contributed by atoms with Gasteiger partial charge in [-0.15, -0.1) is 45.3 Å². The number of amides is 13. The molecule has 115 heavy (non-hydrogen) atoms. The smallest absolute Gasteiger partial charge is 0.414 e. The van der Waals surface area contributed by atoms with E-state index in [0.717, 1.165) is 41.1 Å². The van der Waals surface area contributed by atoms with Crippen LogP contribution in [0, 0.1) is 0 Å². The van der Waals surface area contributed by atoms with E-state index in [9.17, 15) is 62.3 Å². The number of fused-ring (bicyclic) bond motifs is 4. The molecule has 0 atom stereocenters. The number of thiazole rings is 1. The maximum absolute atomic E-state index is 12.7. The second-order valence-electron chi connectivity index (χ2n) is 25.6. The summed E-state index contributed by atoms with van der Waals surface area (Å²) in [6.45, 7) is 18.8. The quantitative estimate of drug-likeness (QED) is 0.0320. The number of ether oxygens (including phenoxy) is 4. The minimum atomic E-state index is -0.863. The molecule has 1 saturated carbocycles. The summed E-state index contributed by atoms with van der Waals surface area (Å²) in [6, 6.07) is 22.7. The van der Waals surface area contributed by atoms with Gasteiger partial charge in [-0.25, -0.2) is 44.1 Å². The molecule has 0 unspecified atom stereocenters. The number of aromatic nitrogens is 5. The van der Waals surface area contributed by atoms with Crippen molar-refractivity contribution >= 4 is 198 Å². The van der Waals surface area contributed by atoms with E-state index in [1.54, 1.807) is 116 Å². The van der Waals surface area contributed by atoms with Gasteiger partial charge in [0, 0.05) is 53.6 Å². The lowest BCUT2D eigenvalue weighted by Gasteiger charge is -2.11. The summed E-state index contributed by atoms with van der Waals surface area (Å²) in [4.78, 5) is 179. The van der Waals surface area contributed by atoms with Crippen LogP contribution in [0.1, 0.15) is 199 Å². The summed E-state index contributed by atoms with van der Waals surface area (Å²) in [5, 5.41) is 29.8. The summed E-state index contributed by atoms with van der Waals surface area (Å²) >= 11 is 5.77. The molecule has 39 heteroatoms. The van der Waals surface area contributed by atoms with Crippen molar-refractivity contribution in [3.8, 4) is 0 Å². The number of imide groups is 4. The number of thiophene rings is 4. The molecule has 13 amide bonds. The van der Waals surface area contributed by atoms with Crippen LogP contribution in [0.3, 0.4) is 0 Å². The largest absolute Gasteiger partial charge is 0.450 e. The molecule has 0 bridgehead atoms. The number of nitrogens with one attached hydrogen (secondary N) is 9. The van der Waals surface area contributed by atoms with Gasteiger partial charge in [0.05, 0.1) is 48.7 Å². The Morgan fingerprint density at radius 2 is 0.843 bits per heavy atom. The number of oxazole rings is 3. The Morgan fingerprint density at radius 1 is 0.461 bits per heavy atom. The van der Waals surface area contributed by atoms with Crippen molar-refractivity contribution in [2.45, 2.75) is 106 Å². The van der Waals surface area contributed by atoms with Crippen molar-refractivity contribution in [2.75, 3.05) is 47.7 Å². The molecular formula is C76H74N14O20S5. The second-order valence-corrected chi connectivity index (χ2v) is 30.3. The highest BCUT2D eigenvalue weighted by molar-refractivity contribution is 7.20. The van der Waals surface area contributed by atoms with E-state index in [4.69, 9.17) is 22.7 Å². The predicted molar refractivity (Wildman–Crippen MR) is 429 cm³/mol.